The molecular weight excluding hydrogens is 484 g/mol. The maximum Gasteiger partial charge on any atom is 0.265 e. The molecule has 1 unspecified atom stereocenters. The number of hydrogen-bond acceptors (Lipinski definition) is 6. The molecular formula is C29H36N4O3S. The lowest BCUT2D eigenvalue weighted by Crippen LogP contribution is -2.41. The van der Waals surface area contributed by atoms with E-state index in [1.54, 1.807) is 5.51 Å². The third kappa shape index (κ3) is 8.82. The summed E-state index contributed by atoms with van der Waals surface area (Å²) < 4.78 is 5.92. The van der Waals surface area contributed by atoms with Crippen LogP contribution < -0.4 is 15.4 Å². The van der Waals surface area contributed by atoms with Crippen molar-refractivity contribution < 1.29 is 14.3 Å². The van der Waals surface area contributed by atoms with E-state index in [2.05, 4.69) is 29.5 Å². The Morgan fingerprint density at radius 2 is 1.78 bits per heavy atom. The number of hydrogen-bond donors (Lipinski definition) is 3. The Labute approximate surface area is 223 Å². The molecule has 8 heteroatoms. The van der Waals surface area contributed by atoms with Crippen molar-refractivity contribution in [2.24, 2.45) is 5.92 Å². The summed E-state index contributed by atoms with van der Waals surface area (Å²) in [6.07, 6.45) is 2.40. The van der Waals surface area contributed by atoms with Gasteiger partial charge in [0.15, 0.2) is 0 Å². The molecule has 0 aliphatic rings. The van der Waals surface area contributed by atoms with Crippen molar-refractivity contribution in [2.75, 3.05) is 13.2 Å². The normalized spacial score (nSPS) is 13.3. The Morgan fingerprint density at radius 3 is 2.43 bits per heavy atom. The van der Waals surface area contributed by atoms with Crippen LogP contribution in [-0.4, -0.2) is 35.7 Å². The Hall–Kier alpha value is -3.52. The molecule has 3 N–H and O–H groups in total. The maximum absolute atomic E-state index is 13.1. The van der Waals surface area contributed by atoms with Crippen molar-refractivity contribution in [3.8, 4) is 5.75 Å². The lowest BCUT2D eigenvalue weighted by atomic mass is 9.99. The molecule has 0 fully saturated rings. The number of carbonyl (C=O) groups excluding carboxylic acids is 2. The molecule has 0 spiro atoms. The van der Waals surface area contributed by atoms with Gasteiger partial charge in [-0.05, 0) is 42.5 Å². The van der Waals surface area contributed by atoms with Crippen molar-refractivity contribution >= 4 is 28.9 Å². The number of benzene rings is 2. The first-order valence-corrected chi connectivity index (χ1v) is 13.6. The van der Waals surface area contributed by atoms with Crippen molar-refractivity contribution in [2.45, 2.75) is 52.0 Å². The molecule has 0 saturated carbocycles. The zero-order chi connectivity index (χ0) is 26.6. The fourth-order valence-electron chi connectivity index (χ4n) is 3.94. The number of nitrogens with one attached hydrogen (secondary N) is 3. The molecule has 2 aromatic carbocycles. The van der Waals surface area contributed by atoms with Gasteiger partial charge in [-0.3, -0.25) is 15.0 Å². The van der Waals surface area contributed by atoms with E-state index in [-0.39, 0.29) is 30.5 Å². The SMILES string of the molecule is CCCC(C)COc1ccc([C@H](CNC(=O)C(=N)Cc2cscn2)NC(=O)[C@@H](C)c2ccccc2)cc1. The van der Waals surface area contributed by atoms with Gasteiger partial charge < -0.3 is 15.4 Å². The zero-order valence-corrected chi connectivity index (χ0v) is 22.5. The molecule has 0 aliphatic carbocycles. The van der Waals surface area contributed by atoms with E-state index >= 15 is 0 Å². The molecule has 1 aromatic heterocycles. The van der Waals surface area contributed by atoms with Crippen LogP contribution in [0.1, 0.15) is 62.4 Å². The second-order valence-electron chi connectivity index (χ2n) is 9.31. The minimum absolute atomic E-state index is 0.0708. The summed E-state index contributed by atoms with van der Waals surface area (Å²) >= 11 is 1.43. The smallest absolute Gasteiger partial charge is 0.265 e. The van der Waals surface area contributed by atoms with E-state index in [9.17, 15) is 9.59 Å². The second kappa shape index (κ2) is 14.3. The van der Waals surface area contributed by atoms with Gasteiger partial charge in [0.2, 0.25) is 5.91 Å². The van der Waals surface area contributed by atoms with Crippen LogP contribution in [0, 0.1) is 11.3 Å². The number of ether oxygens (including phenoxy) is 1. The van der Waals surface area contributed by atoms with Crippen molar-refractivity contribution in [3.63, 3.8) is 0 Å². The molecule has 0 aliphatic heterocycles. The highest BCUT2D eigenvalue weighted by molar-refractivity contribution is 7.07. The minimum Gasteiger partial charge on any atom is -0.493 e. The Kier molecular flexibility index (Phi) is 10.8. The summed E-state index contributed by atoms with van der Waals surface area (Å²) in [5, 5.41) is 15.8. The van der Waals surface area contributed by atoms with Crippen LogP contribution >= 0.6 is 11.3 Å². The fraction of sp³-hybridized carbons (Fsp3) is 0.379. The number of thiazole rings is 1. The first-order chi connectivity index (χ1) is 17.9. The highest BCUT2D eigenvalue weighted by Crippen LogP contribution is 2.21. The summed E-state index contributed by atoms with van der Waals surface area (Å²) in [6.45, 7) is 7.00. The van der Waals surface area contributed by atoms with E-state index in [1.807, 2.05) is 66.9 Å². The molecule has 37 heavy (non-hydrogen) atoms. The molecule has 0 bridgehead atoms. The molecule has 3 rings (SSSR count). The van der Waals surface area contributed by atoms with Crippen LogP contribution in [0.3, 0.4) is 0 Å². The first kappa shape index (κ1) is 28.1. The molecule has 0 radical (unpaired) electrons. The van der Waals surface area contributed by atoms with Gasteiger partial charge in [0.05, 0.1) is 29.8 Å². The fourth-order valence-corrected chi connectivity index (χ4v) is 4.50. The van der Waals surface area contributed by atoms with Crippen molar-refractivity contribution in [1.82, 2.24) is 15.6 Å². The Morgan fingerprint density at radius 1 is 1.05 bits per heavy atom. The number of carbonyl (C=O) groups is 2. The third-order valence-corrected chi connectivity index (χ3v) is 6.83. The predicted molar refractivity (Wildman–Crippen MR) is 148 cm³/mol. The minimum atomic E-state index is -0.478. The van der Waals surface area contributed by atoms with Crippen LogP contribution in [0.15, 0.2) is 65.5 Å². The summed E-state index contributed by atoms with van der Waals surface area (Å²) in [4.78, 5) is 29.9. The van der Waals surface area contributed by atoms with E-state index in [0.29, 0.717) is 18.2 Å². The monoisotopic (exact) mass is 520 g/mol. The third-order valence-electron chi connectivity index (χ3n) is 6.19. The largest absolute Gasteiger partial charge is 0.493 e. The molecule has 3 atom stereocenters. The van der Waals surface area contributed by atoms with Gasteiger partial charge in [-0.25, -0.2) is 4.98 Å². The number of amides is 2. The quantitative estimate of drug-likeness (QED) is 0.251. The van der Waals surface area contributed by atoms with E-state index in [4.69, 9.17) is 10.1 Å². The number of rotatable bonds is 14. The average molecular weight is 521 g/mol. The topological polar surface area (TPSA) is 104 Å². The summed E-state index contributed by atoms with van der Waals surface area (Å²) in [5.74, 6) is 0.268. The van der Waals surface area contributed by atoms with E-state index in [1.165, 1.54) is 11.3 Å². The van der Waals surface area contributed by atoms with E-state index in [0.717, 1.165) is 29.7 Å². The van der Waals surface area contributed by atoms with Crippen molar-refractivity contribution in [3.05, 3.63) is 82.3 Å². The Bertz CT molecular complexity index is 1130. The lowest BCUT2D eigenvalue weighted by molar-refractivity contribution is -0.123. The van der Waals surface area contributed by atoms with Crippen LogP contribution in [0.4, 0.5) is 0 Å². The molecule has 0 saturated heterocycles. The lowest BCUT2D eigenvalue weighted by Gasteiger charge is -2.23. The van der Waals surface area contributed by atoms with Gasteiger partial charge in [-0.2, -0.15) is 0 Å². The first-order valence-electron chi connectivity index (χ1n) is 12.7. The average Bonchev–Trinajstić information content (AvgIpc) is 3.43. The number of aromatic nitrogens is 1. The van der Waals surface area contributed by atoms with Crippen LogP contribution in [0.25, 0.3) is 0 Å². The molecule has 2 amide bonds. The van der Waals surface area contributed by atoms with Crippen LogP contribution in [0.5, 0.6) is 5.75 Å². The van der Waals surface area contributed by atoms with Gasteiger partial charge >= 0.3 is 0 Å². The van der Waals surface area contributed by atoms with Gasteiger partial charge in [0, 0.05) is 18.3 Å². The zero-order valence-electron chi connectivity index (χ0n) is 21.7. The standard InChI is InChI=1S/C29H36N4O3S/c1-4-8-20(2)17-36-25-13-11-23(12-14-25)27(33-28(34)21(3)22-9-6-5-7-10-22)16-31-29(35)26(30)15-24-18-37-19-32-24/h5-7,9-14,18-21,27,30H,4,8,15-17H2,1-3H3,(H,31,35)(H,33,34)/t20?,21-,27-/m0/s1. The van der Waals surface area contributed by atoms with Crippen LogP contribution in [-0.2, 0) is 16.0 Å². The molecule has 7 nitrogen and oxygen atoms in total. The second-order valence-corrected chi connectivity index (χ2v) is 10.0. The van der Waals surface area contributed by atoms with Crippen molar-refractivity contribution in [1.29, 1.82) is 5.41 Å². The van der Waals surface area contributed by atoms with Gasteiger partial charge in [0.1, 0.15) is 11.5 Å². The van der Waals surface area contributed by atoms with Gasteiger partial charge in [-0.15, -0.1) is 11.3 Å². The van der Waals surface area contributed by atoms with Gasteiger partial charge in [-0.1, -0.05) is 62.7 Å². The summed E-state index contributed by atoms with van der Waals surface area (Å²) in [7, 11) is 0. The highest BCUT2D eigenvalue weighted by atomic mass is 32.1. The summed E-state index contributed by atoms with van der Waals surface area (Å²) in [5.41, 5.74) is 4.05. The highest BCUT2D eigenvalue weighted by Gasteiger charge is 2.22. The molecule has 196 valence electrons. The predicted octanol–water partition coefficient (Wildman–Crippen LogP) is 5.30. The maximum atomic E-state index is 13.1. The van der Waals surface area contributed by atoms with E-state index < -0.39 is 11.9 Å². The molecule has 1 heterocycles. The molecule has 3 aromatic rings. The van der Waals surface area contributed by atoms with Gasteiger partial charge in [0.25, 0.3) is 5.91 Å². The number of nitrogens with zero attached hydrogens (tertiary/aromatic N) is 1. The summed E-state index contributed by atoms with van der Waals surface area (Å²) in [6, 6.07) is 16.7. The Balaban J connectivity index is 1.68. The van der Waals surface area contributed by atoms with Crippen LogP contribution in [0.2, 0.25) is 0 Å².